The van der Waals surface area contributed by atoms with Crippen molar-refractivity contribution >= 4 is 34.8 Å². The largest absolute Gasteiger partial charge is 0.390 e. The molecule has 2 N–H and O–H groups in total. The molecule has 0 aliphatic rings. The summed E-state index contributed by atoms with van der Waals surface area (Å²) in [7, 11) is 0. The number of carbonyl (C=O) groups is 1. The lowest BCUT2D eigenvalue weighted by molar-refractivity contribution is -0.112. The van der Waals surface area contributed by atoms with Crippen molar-refractivity contribution in [3.63, 3.8) is 0 Å². The first-order valence-corrected chi connectivity index (χ1v) is 7.44. The van der Waals surface area contributed by atoms with E-state index >= 15 is 0 Å². The summed E-state index contributed by atoms with van der Waals surface area (Å²) in [6.45, 7) is 2.84. The summed E-state index contributed by atoms with van der Waals surface area (Å²) in [6, 6.07) is 6.59. The number of hydrogen-bond donors (Lipinski definition) is 2. The van der Waals surface area contributed by atoms with Gasteiger partial charge in [0.05, 0.1) is 10.7 Å². The van der Waals surface area contributed by atoms with Crippen LogP contribution in [0.25, 0.3) is 0 Å². The van der Waals surface area contributed by atoms with Crippen molar-refractivity contribution < 1.29 is 4.79 Å². The van der Waals surface area contributed by atoms with Gasteiger partial charge < -0.3 is 10.6 Å². The van der Waals surface area contributed by atoms with Crippen LogP contribution < -0.4 is 10.6 Å². The molecule has 4 nitrogen and oxygen atoms in total. The number of hydrogen-bond acceptors (Lipinski definition) is 3. The first kappa shape index (κ1) is 17.4. The molecule has 0 bridgehead atoms. The quantitative estimate of drug-likeness (QED) is 0.450. The van der Waals surface area contributed by atoms with Gasteiger partial charge in [-0.1, -0.05) is 43.0 Å². The van der Waals surface area contributed by atoms with Gasteiger partial charge in [0.2, 0.25) is 0 Å². The molecule has 1 aromatic carbocycles. The van der Waals surface area contributed by atoms with Crippen LogP contribution in [-0.2, 0) is 4.79 Å². The summed E-state index contributed by atoms with van der Waals surface area (Å²) in [5.41, 5.74) is 0.365. The highest BCUT2D eigenvalue weighted by molar-refractivity contribution is 6.35. The van der Waals surface area contributed by atoms with Crippen LogP contribution in [0.2, 0.25) is 10.0 Å². The number of anilines is 1. The van der Waals surface area contributed by atoms with E-state index in [4.69, 9.17) is 28.5 Å². The first-order chi connectivity index (χ1) is 10.1. The molecule has 21 heavy (non-hydrogen) atoms. The topological polar surface area (TPSA) is 64.9 Å². The lowest BCUT2D eigenvalue weighted by Crippen LogP contribution is -2.17. The van der Waals surface area contributed by atoms with Crippen molar-refractivity contribution in [1.29, 1.82) is 5.26 Å². The van der Waals surface area contributed by atoms with E-state index in [0.717, 1.165) is 25.8 Å². The van der Waals surface area contributed by atoms with E-state index in [9.17, 15) is 4.79 Å². The zero-order chi connectivity index (χ0) is 15.7. The van der Waals surface area contributed by atoms with E-state index in [-0.39, 0.29) is 5.57 Å². The number of carbonyl (C=O) groups excluding carboxylic acids is 1. The van der Waals surface area contributed by atoms with E-state index < -0.39 is 5.91 Å². The molecule has 0 atom stereocenters. The van der Waals surface area contributed by atoms with Gasteiger partial charge in [-0.15, -0.1) is 0 Å². The molecular formula is C15H17Cl2N3O. The molecule has 1 rings (SSSR count). The summed E-state index contributed by atoms with van der Waals surface area (Å²) >= 11 is 11.8. The van der Waals surface area contributed by atoms with Crippen LogP contribution in [0, 0.1) is 11.3 Å². The third-order valence-corrected chi connectivity index (χ3v) is 3.28. The summed E-state index contributed by atoms with van der Waals surface area (Å²) in [5, 5.41) is 15.4. The van der Waals surface area contributed by atoms with Gasteiger partial charge in [-0.2, -0.15) is 5.26 Å². The molecule has 6 heteroatoms. The molecule has 0 saturated carbocycles. The smallest absolute Gasteiger partial charge is 0.267 e. The van der Waals surface area contributed by atoms with Crippen molar-refractivity contribution in [3.05, 3.63) is 40.0 Å². The fraction of sp³-hybridized carbons (Fsp3) is 0.333. The van der Waals surface area contributed by atoms with Gasteiger partial charge in [0.1, 0.15) is 11.6 Å². The van der Waals surface area contributed by atoms with Crippen molar-refractivity contribution in [1.82, 2.24) is 5.32 Å². The normalized spacial score (nSPS) is 10.9. The lowest BCUT2D eigenvalue weighted by Gasteiger charge is -2.07. The predicted molar refractivity (Wildman–Crippen MR) is 86.3 cm³/mol. The monoisotopic (exact) mass is 325 g/mol. The third-order valence-electron chi connectivity index (χ3n) is 2.71. The number of nitrogens with one attached hydrogen (secondary N) is 2. The number of nitrogens with zero attached hydrogens (tertiary/aromatic N) is 1. The second kappa shape index (κ2) is 9.28. The Kier molecular flexibility index (Phi) is 7.66. The Hall–Kier alpha value is -1.70. The maximum Gasteiger partial charge on any atom is 0.267 e. The minimum absolute atomic E-state index is 0.0115. The number of unbranched alkanes of at least 4 members (excludes halogenated alkanes) is 2. The van der Waals surface area contributed by atoms with Gasteiger partial charge in [0, 0.05) is 17.8 Å². The zero-order valence-corrected chi connectivity index (χ0v) is 13.3. The van der Waals surface area contributed by atoms with Crippen molar-refractivity contribution in [2.75, 3.05) is 11.9 Å². The Morgan fingerprint density at radius 2 is 2.14 bits per heavy atom. The molecule has 1 aromatic rings. The summed E-state index contributed by atoms with van der Waals surface area (Å²) in [6.07, 6.45) is 4.63. The molecule has 0 saturated heterocycles. The summed E-state index contributed by atoms with van der Waals surface area (Å²) in [5.74, 6) is -0.523. The maximum absolute atomic E-state index is 12.0. The van der Waals surface area contributed by atoms with Gasteiger partial charge in [-0.3, -0.25) is 4.79 Å². The van der Waals surface area contributed by atoms with E-state index in [1.165, 1.54) is 12.3 Å². The lowest BCUT2D eigenvalue weighted by atomic mass is 10.2. The van der Waals surface area contributed by atoms with E-state index in [0.29, 0.717) is 15.7 Å². The molecule has 0 fully saturated rings. The summed E-state index contributed by atoms with van der Waals surface area (Å²) in [4.78, 5) is 12.0. The minimum atomic E-state index is -0.523. The van der Waals surface area contributed by atoms with Crippen molar-refractivity contribution in [3.8, 4) is 6.07 Å². The van der Waals surface area contributed by atoms with E-state index in [1.54, 1.807) is 12.1 Å². The molecule has 0 aliphatic heterocycles. The molecule has 0 spiro atoms. The molecular weight excluding hydrogens is 309 g/mol. The van der Waals surface area contributed by atoms with Crippen molar-refractivity contribution in [2.45, 2.75) is 26.2 Å². The van der Waals surface area contributed by atoms with Crippen LogP contribution >= 0.6 is 23.2 Å². The molecule has 0 aliphatic carbocycles. The van der Waals surface area contributed by atoms with Gasteiger partial charge in [0.25, 0.3) is 5.91 Å². The van der Waals surface area contributed by atoms with Gasteiger partial charge in [0.15, 0.2) is 0 Å². The highest BCUT2D eigenvalue weighted by Gasteiger charge is 2.11. The molecule has 1 amide bonds. The van der Waals surface area contributed by atoms with E-state index in [1.807, 2.05) is 6.07 Å². The summed E-state index contributed by atoms with van der Waals surface area (Å²) < 4.78 is 0. The fourth-order valence-electron chi connectivity index (χ4n) is 1.58. The molecule has 112 valence electrons. The zero-order valence-electron chi connectivity index (χ0n) is 11.7. The standard InChI is InChI=1S/C15H17Cl2N3O/c1-2-3-4-7-19-10-11(9-18)15(21)20-14-8-12(16)5-6-13(14)17/h5-6,8,10,19H,2-4,7H2,1H3,(H,20,21)/b11-10-. The Morgan fingerprint density at radius 1 is 1.38 bits per heavy atom. The molecule has 0 heterocycles. The minimum Gasteiger partial charge on any atom is -0.390 e. The Labute approximate surface area is 134 Å². The van der Waals surface area contributed by atoms with Crippen molar-refractivity contribution in [2.24, 2.45) is 0 Å². The van der Waals surface area contributed by atoms with E-state index in [2.05, 4.69) is 17.6 Å². The molecule has 0 unspecified atom stereocenters. The number of rotatable bonds is 7. The Morgan fingerprint density at radius 3 is 2.81 bits per heavy atom. The number of nitriles is 1. The van der Waals surface area contributed by atoms with Gasteiger partial charge in [-0.05, 0) is 24.6 Å². The fourth-order valence-corrected chi connectivity index (χ4v) is 1.92. The maximum atomic E-state index is 12.0. The predicted octanol–water partition coefficient (Wildman–Crippen LogP) is 4.12. The highest BCUT2D eigenvalue weighted by Crippen LogP contribution is 2.25. The van der Waals surface area contributed by atoms with Crippen LogP contribution in [0.3, 0.4) is 0 Å². The van der Waals surface area contributed by atoms with Crippen LogP contribution in [-0.4, -0.2) is 12.5 Å². The average molecular weight is 326 g/mol. The van der Waals surface area contributed by atoms with Crippen LogP contribution in [0.1, 0.15) is 26.2 Å². The van der Waals surface area contributed by atoms with Crippen LogP contribution in [0.4, 0.5) is 5.69 Å². The second-order valence-electron chi connectivity index (χ2n) is 4.41. The third kappa shape index (κ3) is 6.07. The Bertz CT molecular complexity index is 565. The molecule has 0 radical (unpaired) electrons. The number of halogens is 2. The SMILES string of the molecule is CCCCCN/C=C(/C#N)C(=O)Nc1cc(Cl)ccc1Cl. The van der Waals surface area contributed by atoms with Gasteiger partial charge >= 0.3 is 0 Å². The number of benzene rings is 1. The Balaban J connectivity index is 2.65. The number of amides is 1. The molecule has 0 aromatic heterocycles. The first-order valence-electron chi connectivity index (χ1n) is 6.68. The second-order valence-corrected chi connectivity index (χ2v) is 5.25. The highest BCUT2D eigenvalue weighted by atomic mass is 35.5. The van der Waals surface area contributed by atoms with Gasteiger partial charge in [-0.25, -0.2) is 0 Å². The average Bonchev–Trinajstić information content (AvgIpc) is 2.46. The van der Waals surface area contributed by atoms with Crippen LogP contribution in [0.15, 0.2) is 30.0 Å². The van der Waals surface area contributed by atoms with Crippen LogP contribution in [0.5, 0.6) is 0 Å².